The van der Waals surface area contributed by atoms with Crippen molar-refractivity contribution in [2.75, 3.05) is 11.9 Å². The average molecular weight is 258 g/mol. The van der Waals surface area contributed by atoms with E-state index in [1.807, 2.05) is 32.9 Å². The van der Waals surface area contributed by atoms with Gasteiger partial charge in [-0.3, -0.25) is 4.98 Å². The predicted molar refractivity (Wildman–Crippen MR) is 75.2 cm³/mol. The van der Waals surface area contributed by atoms with E-state index in [1.54, 1.807) is 18.7 Å². The van der Waals surface area contributed by atoms with Crippen molar-refractivity contribution in [3.05, 3.63) is 30.9 Å². The van der Waals surface area contributed by atoms with E-state index in [-0.39, 0.29) is 6.10 Å². The third-order valence-electron chi connectivity index (χ3n) is 2.41. The second-order valence-electron chi connectivity index (χ2n) is 4.39. The maximum Gasteiger partial charge on any atom is 0.138 e. The minimum atomic E-state index is 0.125. The fraction of sp³-hybridized carbons (Fsp3) is 0.357. The van der Waals surface area contributed by atoms with Gasteiger partial charge >= 0.3 is 0 Å². The van der Waals surface area contributed by atoms with Crippen LogP contribution in [-0.4, -0.2) is 27.6 Å². The molecule has 5 heteroatoms. The van der Waals surface area contributed by atoms with E-state index in [0.29, 0.717) is 0 Å². The highest BCUT2D eigenvalue weighted by Crippen LogP contribution is 2.22. The molecular weight excluding hydrogens is 240 g/mol. The van der Waals surface area contributed by atoms with Gasteiger partial charge in [0.15, 0.2) is 0 Å². The van der Waals surface area contributed by atoms with Crippen LogP contribution in [0.25, 0.3) is 11.3 Å². The van der Waals surface area contributed by atoms with Crippen molar-refractivity contribution in [1.29, 1.82) is 0 Å². The maximum absolute atomic E-state index is 5.63. The molecule has 0 saturated heterocycles. The van der Waals surface area contributed by atoms with E-state index in [2.05, 4.69) is 20.3 Å². The Bertz CT molecular complexity index is 542. The predicted octanol–water partition coefficient (Wildman–Crippen LogP) is 2.76. The molecule has 0 aromatic carbocycles. The summed E-state index contributed by atoms with van der Waals surface area (Å²) in [6.07, 6.45) is 5.14. The molecule has 0 spiro atoms. The maximum atomic E-state index is 5.63. The summed E-state index contributed by atoms with van der Waals surface area (Å²) in [4.78, 5) is 12.6. The second-order valence-corrected chi connectivity index (χ2v) is 4.39. The smallest absolute Gasteiger partial charge is 0.138 e. The molecule has 0 aliphatic heterocycles. The van der Waals surface area contributed by atoms with E-state index in [9.17, 15) is 0 Å². The van der Waals surface area contributed by atoms with Crippen LogP contribution in [0.15, 0.2) is 30.9 Å². The van der Waals surface area contributed by atoms with E-state index in [4.69, 9.17) is 4.74 Å². The van der Waals surface area contributed by atoms with Gasteiger partial charge in [-0.2, -0.15) is 0 Å². The highest BCUT2D eigenvalue weighted by atomic mass is 16.5. The van der Waals surface area contributed by atoms with Gasteiger partial charge in [0.2, 0.25) is 0 Å². The van der Waals surface area contributed by atoms with Crippen LogP contribution in [0.3, 0.4) is 0 Å². The van der Waals surface area contributed by atoms with Crippen molar-refractivity contribution in [1.82, 2.24) is 15.0 Å². The molecule has 1 N–H and O–H groups in total. The number of aromatic nitrogens is 3. The summed E-state index contributed by atoms with van der Waals surface area (Å²) in [5.41, 5.74) is 1.74. The molecular formula is C14H18N4O. The zero-order chi connectivity index (χ0) is 13.7. The first kappa shape index (κ1) is 13.3. The molecule has 2 rings (SSSR count). The summed E-state index contributed by atoms with van der Waals surface area (Å²) in [5, 5.41) is 3.16. The van der Waals surface area contributed by atoms with Gasteiger partial charge in [0, 0.05) is 24.4 Å². The molecule has 0 amide bonds. The largest absolute Gasteiger partial charge is 0.489 e. The Kier molecular flexibility index (Phi) is 4.28. The van der Waals surface area contributed by atoms with Gasteiger partial charge in [0.05, 0.1) is 18.0 Å². The molecule has 0 aliphatic carbocycles. The topological polar surface area (TPSA) is 59.9 Å². The molecule has 5 nitrogen and oxygen atoms in total. The fourth-order valence-electron chi connectivity index (χ4n) is 1.69. The first-order valence-electron chi connectivity index (χ1n) is 6.37. The summed E-state index contributed by atoms with van der Waals surface area (Å²) in [6, 6.07) is 3.84. The van der Waals surface area contributed by atoms with Crippen LogP contribution < -0.4 is 10.1 Å². The molecule has 0 radical (unpaired) electrons. The number of nitrogens with one attached hydrogen (secondary N) is 1. The summed E-state index contributed by atoms with van der Waals surface area (Å²) in [7, 11) is 0. The van der Waals surface area contributed by atoms with Crippen LogP contribution in [0.4, 0.5) is 5.82 Å². The normalized spacial score (nSPS) is 10.5. The van der Waals surface area contributed by atoms with Gasteiger partial charge in [-0.15, -0.1) is 0 Å². The molecule has 0 aliphatic rings. The van der Waals surface area contributed by atoms with E-state index in [1.165, 1.54) is 0 Å². The summed E-state index contributed by atoms with van der Waals surface area (Å²) in [6.45, 7) is 6.83. The Morgan fingerprint density at radius 2 is 2.05 bits per heavy atom. The number of pyridine rings is 1. The number of hydrogen-bond donors (Lipinski definition) is 1. The van der Waals surface area contributed by atoms with E-state index in [0.717, 1.165) is 29.4 Å². The van der Waals surface area contributed by atoms with Crippen LogP contribution in [0.1, 0.15) is 20.8 Å². The van der Waals surface area contributed by atoms with Gasteiger partial charge in [-0.1, -0.05) is 0 Å². The lowest BCUT2D eigenvalue weighted by molar-refractivity contribution is 0.241. The quantitative estimate of drug-likeness (QED) is 0.893. The molecule has 2 aromatic rings. The van der Waals surface area contributed by atoms with Crippen molar-refractivity contribution in [3.8, 4) is 17.0 Å². The molecule has 0 atom stereocenters. The van der Waals surface area contributed by atoms with Crippen LogP contribution in [0, 0.1) is 0 Å². The second kappa shape index (κ2) is 6.13. The molecule has 0 saturated carbocycles. The molecule has 0 fully saturated rings. The minimum absolute atomic E-state index is 0.125. The molecule has 100 valence electrons. The van der Waals surface area contributed by atoms with E-state index < -0.39 is 0 Å². The van der Waals surface area contributed by atoms with Crippen LogP contribution >= 0.6 is 0 Å². The highest BCUT2D eigenvalue weighted by molar-refractivity contribution is 5.62. The zero-order valence-electron chi connectivity index (χ0n) is 11.4. The first-order chi connectivity index (χ1) is 9.19. The summed E-state index contributed by atoms with van der Waals surface area (Å²) >= 11 is 0. The fourth-order valence-corrected chi connectivity index (χ4v) is 1.69. The van der Waals surface area contributed by atoms with Crippen LogP contribution in [0.2, 0.25) is 0 Å². The van der Waals surface area contributed by atoms with Gasteiger partial charge in [0.25, 0.3) is 0 Å². The van der Waals surface area contributed by atoms with Crippen LogP contribution in [-0.2, 0) is 0 Å². The third kappa shape index (κ3) is 3.64. The minimum Gasteiger partial charge on any atom is -0.489 e. The van der Waals surface area contributed by atoms with Crippen molar-refractivity contribution in [2.45, 2.75) is 26.9 Å². The molecule has 19 heavy (non-hydrogen) atoms. The van der Waals surface area contributed by atoms with Gasteiger partial charge in [-0.05, 0) is 26.8 Å². The van der Waals surface area contributed by atoms with Gasteiger partial charge < -0.3 is 10.1 Å². The Balaban J connectivity index is 2.28. The number of ether oxygens (including phenoxy) is 1. The Hall–Kier alpha value is -2.17. The first-order valence-corrected chi connectivity index (χ1v) is 6.37. The number of anilines is 1. The number of hydrogen-bond acceptors (Lipinski definition) is 5. The lowest BCUT2D eigenvalue weighted by Gasteiger charge is -2.10. The molecule has 2 heterocycles. The van der Waals surface area contributed by atoms with Crippen molar-refractivity contribution in [3.63, 3.8) is 0 Å². The molecule has 0 bridgehead atoms. The van der Waals surface area contributed by atoms with Gasteiger partial charge in [-0.25, -0.2) is 9.97 Å². The SMILES string of the molecule is CCNc1cc(-c2cncc(OC(C)C)c2)ncn1. The van der Waals surface area contributed by atoms with Crippen molar-refractivity contribution < 1.29 is 4.74 Å². The summed E-state index contributed by atoms with van der Waals surface area (Å²) < 4.78 is 5.63. The summed E-state index contributed by atoms with van der Waals surface area (Å²) in [5.74, 6) is 1.55. The Morgan fingerprint density at radius 1 is 1.21 bits per heavy atom. The van der Waals surface area contributed by atoms with Gasteiger partial charge in [0.1, 0.15) is 17.9 Å². The monoisotopic (exact) mass is 258 g/mol. The lowest BCUT2D eigenvalue weighted by Crippen LogP contribution is -2.05. The molecule has 0 unspecified atom stereocenters. The van der Waals surface area contributed by atoms with Crippen LogP contribution in [0.5, 0.6) is 5.75 Å². The standard InChI is InChI=1S/C14H18N4O/c1-4-16-14-6-13(17-9-18-14)11-5-12(8-15-7-11)19-10(2)3/h5-10H,4H2,1-3H3,(H,16,17,18). The highest BCUT2D eigenvalue weighted by Gasteiger charge is 2.05. The number of rotatable bonds is 5. The lowest BCUT2D eigenvalue weighted by atomic mass is 10.2. The number of nitrogens with zero attached hydrogens (tertiary/aromatic N) is 3. The Labute approximate surface area is 113 Å². The zero-order valence-corrected chi connectivity index (χ0v) is 11.4. The van der Waals surface area contributed by atoms with Crippen molar-refractivity contribution in [2.24, 2.45) is 0 Å². The van der Waals surface area contributed by atoms with E-state index >= 15 is 0 Å². The van der Waals surface area contributed by atoms with Crippen molar-refractivity contribution >= 4 is 5.82 Å². The average Bonchev–Trinajstić information content (AvgIpc) is 2.39. The Morgan fingerprint density at radius 3 is 2.79 bits per heavy atom. The molecule has 2 aromatic heterocycles. The third-order valence-corrected chi connectivity index (χ3v) is 2.41.